The van der Waals surface area contributed by atoms with Crippen molar-refractivity contribution in [1.82, 2.24) is 0 Å². The fourth-order valence-corrected chi connectivity index (χ4v) is 1.77. The molecule has 0 heterocycles. The number of esters is 1. The number of hydrogen-bond donors (Lipinski definition) is 0. The molecule has 0 N–H and O–H groups in total. The van der Waals surface area contributed by atoms with Crippen LogP contribution in [0.1, 0.15) is 11.1 Å². The normalized spacial score (nSPS) is 10.1. The van der Waals surface area contributed by atoms with Crippen molar-refractivity contribution in [3.8, 4) is 5.75 Å². The second kappa shape index (κ2) is 5.97. The van der Waals surface area contributed by atoms with Crippen LogP contribution in [0.25, 0.3) is 0 Å². The van der Waals surface area contributed by atoms with E-state index in [1.807, 2.05) is 31.2 Å². The highest BCUT2D eigenvalue weighted by Gasteiger charge is 2.10. The van der Waals surface area contributed by atoms with Crippen LogP contribution in [0.3, 0.4) is 0 Å². The first-order valence-corrected chi connectivity index (χ1v) is 6.06. The number of ether oxygens (including phenoxy) is 1. The summed E-state index contributed by atoms with van der Waals surface area (Å²) in [5.74, 6) is -0.0951. The molecule has 0 spiro atoms. The third-order valence-corrected chi connectivity index (χ3v) is 2.88. The van der Waals surface area contributed by atoms with Gasteiger partial charge in [-0.15, -0.1) is 0 Å². The average Bonchev–Trinajstić information content (AvgIpc) is 2.42. The van der Waals surface area contributed by atoms with Crippen molar-refractivity contribution < 1.29 is 14.5 Å². The Kier molecular flexibility index (Phi) is 4.10. The van der Waals surface area contributed by atoms with Crippen molar-refractivity contribution in [2.45, 2.75) is 13.3 Å². The maximum atomic E-state index is 11.8. The molecule has 5 heteroatoms. The van der Waals surface area contributed by atoms with Crippen LogP contribution < -0.4 is 4.74 Å². The van der Waals surface area contributed by atoms with Crippen LogP contribution in [0.5, 0.6) is 5.75 Å². The summed E-state index contributed by atoms with van der Waals surface area (Å²) in [4.78, 5) is 21.8. The number of nitrogens with zero attached hydrogens (tertiary/aromatic N) is 1. The number of aryl methyl sites for hydroxylation is 1. The molecule has 2 aromatic rings. The number of carbonyl (C=O) groups is 1. The Morgan fingerprint density at radius 1 is 1.15 bits per heavy atom. The summed E-state index contributed by atoms with van der Waals surface area (Å²) in [6, 6.07) is 13.0. The Bertz CT molecular complexity index is 635. The topological polar surface area (TPSA) is 69.4 Å². The third-order valence-electron chi connectivity index (χ3n) is 2.88. The summed E-state index contributed by atoms with van der Waals surface area (Å²) in [5, 5.41) is 10.5. The first-order chi connectivity index (χ1) is 9.56. The molecule has 0 saturated carbocycles. The molecule has 0 unspecified atom stereocenters. The number of carbonyl (C=O) groups excluding carboxylic acids is 1. The molecule has 0 fully saturated rings. The Morgan fingerprint density at radius 3 is 2.40 bits per heavy atom. The Balaban J connectivity index is 2.01. The molecule has 2 rings (SSSR count). The highest BCUT2D eigenvalue weighted by Crippen LogP contribution is 2.18. The van der Waals surface area contributed by atoms with Gasteiger partial charge in [0.15, 0.2) is 0 Å². The van der Waals surface area contributed by atoms with Crippen molar-refractivity contribution in [2.24, 2.45) is 0 Å². The lowest BCUT2D eigenvalue weighted by Crippen LogP contribution is -2.12. The monoisotopic (exact) mass is 271 g/mol. The average molecular weight is 271 g/mol. The number of nitro benzene ring substituents is 1. The molecule has 0 atom stereocenters. The second-order valence-electron chi connectivity index (χ2n) is 4.33. The van der Waals surface area contributed by atoms with Crippen LogP contribution in [0, 0.1) is 17.0 Å². The second-order valence-corrected chi connectivity index (χ2v) is 4.33. The standard InChI is InChI=1S/C15H13NO4/c1-11-4-2-3-5-12(11)10-15(17)20-14-8-6-13(7-9-14)16(18)19/h2-9H,10H2,1H3. The first kappa shape index (κ1) is 13.7. The first-order valence-electron chi connectivity index (χ1n) is 6.06. The van der Waals surface area contributed by atoms with Crippen molar-refractivity contribution in [3.05, 3.63) is 69.8 Å². The van der Waals surface area contributed by atoms with Crippen LogP contribution in [-0.4, -0.2) is 10.9 Å². The summed E-state index contributed by atoms with van der Waals surface area (Å²) in [5.41, 5.74) is 1.89. The van der Waals surface area contributed by atoms with Crippen molar-refractivity contribution in [1.29, 1.82) is 0 Å². The van der Waals surface area contributed by atoms with Gasteiger partial charge in [-0.25, -0.2) is 0 Å². The molecule has 0 amide bonds. The lowest BCUT2D eigenvalue weighted by Gasteiger charge is -2.06. The van der Waals surface area contributed by atoms with Crippen molar-refractivity contribution in [2.75, 3.05) is 0 Å². The lowest BCUT2D eigenvalue weighted by molar-refractivity contribution is -0.384. The van der Waals surface area contributed by atoms with E-state index in [4.69, 9.17) is 4.74 Å². The summed E-state index contributed by atoms with van der Waals surface area (Å²) in [7, 11) is 0. The quantitative estimate of drug-likeness (QED) is 0.371. The predicted molar refractivity (Wildman–Crippen MR) is 73.6 cm³/mol. The third kappa shape index (κ3) is 3.41. The van der Waals surface area contributed by atoms with E-state index in [0.29, 0.717) is 5.75 Å². The number of rotatable bonds is 4. The molecule has 2 aromatic carbocycles. The van der Waals surface area contributed by atoms with Gasteiger partial charge in [0, 0.05) is 12.1 Å². The fourth-order valence-electron chi connectivity index (χ4n) is 1.77. The number of nitro groups is 1. The van der Waals surface area contributed by atoms with E-state index in [0.717, 1.165) is 11.1 Å². The van der Waals surface area contributed by atoms with Gasteiger partial charge < -0.3 is 4.74 Å². The molecular weight excluding hydrogens is 258 g/mol. The van der Waals surface area contributed by atoms with E-state index >= 15 is 0 Å². The van der Waals surface area contributed by atoms with E-state index < -0.39 is 10.9 Å². The maximum Gasteiger partial charge on any atom is 0.315 e. The lowest BCUT2D eigenvalue weighted by atomic mass is 10.1. The van der Waals surface area contributed by atoms with E-state index in [-0.39, 0.29) is 12.1 Å². The summed E-state index contributed by atoms with van der Waals surface area (Å²) >= 11 is 0. The van der Waals surface area contributed by atoms with Crippen molar-refractivity contribution >= 4 is 11.7 Å². The molecule has 0 aliphatic carbocycles. The molecule has 0 aliphatic rings. The van der Waals surface area contributed by atoms with Gasteiger partial charge in [0.25, 0.3) is 5.69 Å². The van der Waals surface area contributed by atoms with Crippen LogP contribution >= 0.6 is 0 Å². The number of non-ortho nitro benzene ring substituents is 1. The SMILES string of the molecule is Cc1ccccc1CC(=O)Oc1ccc([N+](=O)[O-])cc1. The highest BCUT2D eigenvalue weighted by atomic mass is 16.6. The van der Waals surface area contributed by atoms with Gasteiger partial charge in [-0.05, 0) is 30.2 Å². The minimum Gasteiger partial charge on any atom is -0.426 e. The molecule has 0 saturated heterocycles. The van der Waals surface area contributed by atoms with Gasteiger partial charge in [-0.3, -0.25) is 14.9 Å². The number of benzene rings is 2. The van der Waals surface area contributed by atoms with Crippen LogP contribution in [0.2, 0.25) is 0 Å². The fraction of sp³-hybridized carbons (Fsp3) is 0.133. The van der Waals surface area contributed by atoms with Crippen molar-refractivity contribution in [3.63, 3.8) is 0 Å². The highest BCUT2D eigenvalue weighted by molar-refractivity contribution is 5.75. The molecule has 0 aliphatic heterocycles. The van der Waals surface area contributed by atoms with E-state index in [1.54, 1.807) is 0 Å². The van der Waals surface area contributed by atoms with Crippen LogP contribution in [0.15, 0.2) is 48.5 Å². The summed E-state index contributed by atoms with van der Waals surface area (Å²) in [6.07, 6.45) is 0.170. The van der Waals surface area contributed by atoms with Gasteiger partial charge in [-0.1, -0.05) is 24.3 Å². The molecule has 102 valence electrons. The Labute approximate surface area is 116 Å². The minimum absolute atomic E-state index is 0.0382. The largest absolute Gasteiger partial charge is 0.426 e. The summed E-state index contributed by atoms with van der Waals surface area (Å²) in [6.45, 7) is 1.93. The maximum absolute atomic E-state index is 11.8. The zero-order chi connectivity index (χ0) is 14.5. The molecule has 0 aromatic heterocycles. The Hall–Kier alpha value is -2.69. The van der Waals surface area contributed by atoms with Crippen LogP contribution in [-0.2, 0) is 11.2 Å². The molecule has 0 radical (unpaired) electrons. The van der Waals surface area contributed by atoms with Gasteiger partial charge in [0.1, 0.15) is 5.75 Å². The molecule has 20 heavy (non-hydrogen) atoms. The van der Waals surface area contributed by atoms with Crippen LogP contribution in [0.4, 0.5) is 5.69 Å². The van der Waals surface area contributed by atoms with Gasteiger partial charge in [0.2, 0.25) is 0 Å². The molecular formula is C15H13NO4. The van der Waals surface area contributed by atoms with Gasteiger partial charge in [0.05, 0.1) is 11.3 Å². The smallest absolute Gasteiger partial charge is 0.315 e. The molecule has 5 nitrogen and oxygen atoms in total. The summed E-state index contributed by atoms with van der Waals surface area (Å²) < 4.78 is 5.15. The van der Waals surface area contributed by atoms with E-state index in [2.05, 4.69) is 0 Å². The van der Waals surface area contributed by atoms with E-state index in [1.165, 1.54) is 24.3 Å². The molecule has 0 bridgehead atoms. The van der Waals surface area contributed by atoms with Gasteiger partial charge >= 0.3 is 5.97 Å². The van der Waals surface area contributed by atoms with Gasteiger partial charge in [-0.2, -0.15) is 0 Å². The predicted octanol–water partition coefficient (Wildman–Crippen LogP) is 3.05. The number of hydrogen-bond acceptors (Lipinski definition) is 4. The zero-order valence-electron chi connectivity index (χ0n) is 10.9. The zero-order valence-corrected chi connectivity index (χ0v) is 10.9. The van der Waals surface area contributed by atoms with E-state index in [9.17, 15) is 14.9 Å². The minimum atomic E-state index is -0.501. The Morgan fingerprint density at radius 2 is 1.80 bits per heavy atom.